The number of rotatable bonds is 18. The number of hydrogen-bond acceptors (Lipinski definition) is 7. The van der Waals surface area contributed by atoms with Gasteiger partial charge in [0.2, 0.25) is 0 Å². The Labute approximate surface area is 375 Å². The van der Waals surface area contributed by atoms with Crippen molar-refractivity contribution in [1.82, 2.24) is 5.09 Å². The molecular weight excluding hydrogens is 814 g/mol. The van der Waals surface area contributed by atoms with Crippen molar-refractivity contribution in [2.45, 2.75) is 208 Å². The Bertz CT molecular complexity index is 1660. The maximum Gasteiger partial charge on any atom is 0.459 e. The van der Waals surface area contributed by atoms with Gasteiger partial charge in [-0.3, -0.25) is 9.32 Å². The Hall–Kier alpha value is -0.846. The number of carbonyl (C=O) groups is 1. The highest BCUT2D eigenvalue weighted by atomic mass is 31.2. The molecular formula is C50H90NO7PSi2. The van der Waals surface area contributed by atoms with Gasteiger partial charge in [0.1, 0.15) is 12.4 Å². The lowest BCUT2D eigenvalue weighted by Gasteiger charge is -2.66. The summed E-state index contributed by atoms with van der Waals surface area (Å²) in [7, 11) is -7.90. The largest absolute Gasteiger partial charge is 0.459 e. The highest BCUT2D eigenvalue weighted by Crippen LogP contribution is 2.70. The fourth-order valence-corrected chi connectivity index (χ4v) is 16.5. The minimum atomic E-state index is -3.90. The molecule has 0 aliphatic heterocycles. The zero-order valence-corrected chi connectivity index (χ0v) is 44.7. The van der Waals surface area contributed by atoms with E-state index in [0.29, 0.717) is 53.3 Å². The number of Topliss-reactive ketones (excluding diaryl/α,β-unsaturated/α-hetero) is 1. The number of carbonyl (C=O) groups excluding carboxylic acids is 1. The first-order valence-corrected chi connectivity index (χ1v) is 31.7. The van der Waals surface area contributed by atoms with Gasteiger partial charge in [0.15, 0.2) is 22.4 Å². The molecule has 1 aromatic rings. The molecule has 4 aliphatic rings. The van der Waals surface area contributed by atoms with E-state index in [4.69, 9.17) is 22.6 Å². The summed E-state index contributed by atoms with van der Waals surface area (Å²) in [5.41, 5.74) is 0.483. The second kappa shape index (κ2) is 19.2. The van der Waals surface area contributed by atoms with Gasteiger partial charge in [0, 0.05) is 6.10 Å². The average Bonchev–Trinajstić information content (AvgIpc) is 3.50. The quantitative estimate of drug-likeness (QED) is 0.115. The van der Waals surface area contributed by atoms with Crippen LogP contribution in [0.15, 0.2) is 30.3 Å². The molecule has 1 aromatic carbocycles. The molecule has 0 spiro atoms. The van der Waals surface area contributed by atoms with Crippen LogP contribution in [0.1, 0.15) is 148 Å². The van der Waals surface area contributed by atoms with E-state index < -0.39 is 30.4 Å². The summed E-state index contributed by atoms with van der Waals surface area (Å²) in [5.74, 6) is 4.09. The minimum absolute atomic E-state index is 0.0653. The zero-order valence-electron chi connectivity index (χ0n) is 41.8. The van der Waals surface area contributed by atoms with Crippen molar-refractivity contribution in [1.29, 1.82) is 0 Å². The fourth-order valence-electron chi connectivity index (χ4n) is 12.2. The molecule has 13 atom stereocenters. The van der Waals surface area contributed by atoms with Gasteiger partial charge in [-0.25, -0.2) is 9.65 Å². The van der Waals surface area contributed by atoms with Crippen molar-refractivity contribution in [3.05, 3.63) is 30.3 Å². The molecule has 4 aliphatic carbocycles. The van der Waals surface area contributed by atoms with Crippen LogP contribution < -0.4 is 9.61 Å². The predicted molar refractivity (Wildman–Crippen MR) is 257 cm³/mol. The van der Waals surface area contributed by atoms with E-state index in [2.05, 4.69) is 101 Å². The van der Waals surface area contributed by atoms with E-state index in [-0.39, 0.29) is 52.1 Å². The summed E-state index contributed by atoms with van der Waals surface area (Å²) in [6.45, 7) is 40.1. The van der Waals surface area contributed by atoms with Crippen LogP contribution in [0.5, 0.6) is 5.75 Å². The zero-order chi connectivity index (χ0) is 45.6. The van der Waals surface area contributed by atoms with Gasteiger partial charge in [0.25, 0.3) is 0 Å². The SMILES string of the molecule is CC[C@H]1C(O[Si](C)(C)C(C)(C)C)C2C(CC[C@@]3(C)C2CC[C@@H]3[C@H](C)CCOP(=O)(N[C@@H](C)C(=O)COC(C)C)Oc2ccccc2)[C@@]2(C)CCC(O[Si](C)(C)C(C)(C)C)CC12. The molecule has 61 heavy (non-hydrogen) atoms. The number of hydrogen-bond donors (Lipinski definition) is 1. The average molecular weight is 904 g/mol. The van der Waals surface area contributed by atoms with E-state index >= 15 is 0 Å². The third kappa shape index (κ3) is 11.1. The number of ether oxygens (including phenoxy) is 1. The number of ketones is 1. The second-order valence-corrected chi connectivity index (χ2v) is 35.2. The minimum Gasteiger partial charge on any atom is -0.414 e. The van der Waals surface area contributed by atoms with Crippen molar-refractivity contribution in [3.8, 4) is 5.75 Å². The van der Waals surface area contributed by atoms with Crippen LogP contribution in [0.3, 0.4) is 0 Å². The van der Waals surface area contributed by atoms with Gasteiger partial charge in [-0.05, 0) is 173 Å². The third-order valence-corrected chi connectivity index (χ3v) is 28.5. The van der Waals surface area contributed by atoms with Gasteiger partial charge < -0.3 is 18.1 Å². The van der Waals surface area contributed by atoms with Crippen LogP contribution in [0.4, 0.5) is 0 Å². The molecule has 4 saturated carbocycles. The summed E-state index contributed by atoms with van der Waals surface area (Å²) in [6, 6.07) is 8.33. The van der Waals surface area contributed by atoms with Crippen molar-refractivity contribution in [3.63, 3.8) is 0 Å². The number of nitrogens with one attached hydrogen (secondary N) is 1. The lowest BCUT2D eigenvalue weighted by atomic mass is 9.41. The van der Waals surface area contributed by atoms with Gasteiger partial charge in [-0.15, -0.1) is 0 Å². The molecule has 0 saturated heterocycles. The van der Waals surface area contributed by atoms with Crippen LogP contribution in [0, 0.1) is 52.3 Å². The van der Waals surface area contributed by atoms with Crippen molar-refractivity contribution in [2.24, 2.45) is 52.3 Å². The van der Waals surface area contributed by atoms with Crippen LogP contribution in [-0.2, 0) is 27.5 Å². The van der Waals surface area contributed by atoms with E-state index in [0.717, 1.165) is 12.8 Å². The number of benzene rings is 1. The summed E-state index contributed by atoms with van der Waals surface area (Å²) >= 11 is 0. The molecule has 8 nitrogen and oxygen atoms in total. The monoisotopic (exact) mass is 904 g/mol. The van der Waals surface area contributed by atoms with Gasteiger partial charge in [-0.1, -0.05) is 93.9 Å². The molecule has 350 valence electrons. The van der Waals surface area contributed by atoms with Crippen LogP contribution >= 0.6 is 7.75 Å². The highest BCUT2D eigenvalue weighted by molar-refractivity contribution is 7.52. The van der Waals surface area contributed by atoms with E-state index in [1.54, 1.807) is 19.1 Å². The molecule has 0 bridgehead atoms. The fraction of sp³-hybridized carbons (Fsp3) is 0.860. The molecule has 0 amide bonds. The van der Waals surface area contributed by atoms with E-state index in [9.17, 15) is 9.36 Å². The lowest BCUT2D eigenvalue weighted by Crippen LogP contribution is -2.65. The maximum absolute atomic E-state index is 14.4. The summed E-state index contributed by atoms with van der Waals surface area (Å²) in [5, 5.41) is 3.29. The summed E-state index contributed by atoms with van der Waals surface area (Å²) < 4.78 is 47.3. The van der Waals surface area contributed by atoms with E-state index in [1.165, 1.54) is 44.9 Å². The van der Waals surface area contributed by atoms with Crippen LogP contribution in [-0.4, -0.2) is 60.0 Å². The first kappa shape index (κ1) is 51.1. The standard InChI is InChI=1S/C50H90NO7PSi2/c1-18-39-43-32-38(57-60(14,15)47(6,7)8)26-29-50(43,13)42-27-30-49(12)40(24-25-41(49)45(42)46(39)58-61(16,17)48(9,10)11)35(4)28-31-55-59(53,56-37-22-20-19-21-23-37)51-36(5)44(52)33-54-34(2)3/h19-23,34-36,38-43,45-46H,18,24-33H2,1-17H3,(H,51,53)/t35-,36+,38?,39-,40-,41?,42?,43?,45?,46?,49-,50-,59?/m1/s1. The Balaban J connectivity index is 1.38. The molecule has 4 fully saturated rings. The smallest absolute Gasteiger partial charge is 0.414 e. The van der Waals surface area contributed by atoms with E-state index in [1.807, 2.05) is 32.0 Å². The summed E-state index contributed by atoms with van der Waals surface area (Å²) in [4.78, 5) is 13.0. The number of fused-ring (bicyclic) bond motifs is 5. The van der Waals surface area contributed by atoms with Crippen LogP contribution in [0.2, 0.25) is 36.3 Å². The molecule has 1 N–H and O–H groups in total. The molecule has 0 radical (unpaired) electrons. The lowest BCUT2D eigenvalue weighted by molar-refractivity contribution is -0.198. The maximum atomic E-state index is 14.4. The first-order valence-electron chi connectivity index (χ1n) is 24.4. The predicted octanol–water partition coefficient (Wildman–Crippen LogP) is 13.9. The van der Waals surface area contributed by atoms with Gasteiger partial charge in [-0.2, -0.15) is 0 Å². The van der Waals surface area contributed by atoms with Gasteiger partial charge >= 0.3 is 7.75 Å². The summed E-state index contributed by atoms with van der Waals surface area (Å²) in [6.07, 6.45) is 11.0. The molecule has 0 aromatic heterocycles. The van der Waals surface area contributed by atoms with Crippen LogP contribution in [0.25, 0.3) is 0 Å². The molecule has 7 unspecified atom stereocenters. The Morgan fingerprint density at radius 2 is 1.43 bits per heavy atom. The topological polar surface area (TPSA) is 92.3 Å². The van der Waals surface area contributed by atoms with Crippen molar-refractivity contribution < 1.29 is 32.0 Å². The normalized spacial score (nSPS) is 34.2. The Morgan fingerprint density at radius 3 is 2.02 bits per heavy atom. The first-order chi connectivity index (χ1) is 28.1. The highest BCUT2D eigenvalue weighted by Gasteiger charge is 2.66. The number of para-hydroxylation sites is 1. The molecule has 5 rings (SSSR count). The third-order valence-electron chi connectivity index (χ3n) is 17.8. The van der Waals surface area contributed by atoms with Crippen molar-refractivity contribution in [2.75, 3.05) is 13.2 Å². The van der Waals surface area contributed by atoms with Crippen molar-refractivity contribution >= 4 is 30.2 Å². The molecule has 11 heteroatoms. The Kier molecular flexibility index (Phi) is 16.1. The van der Waals surface area contributed by atoms with Gasteiger partial charge in [0.05, 0.1) is 24.9 Å². The second-order valence-electron chi connectivity index (χ2n) is 24.0. The Morgan fingerprint density at radius 1 is 0.836 bits per heavy atom. The molecule has 0 heterocycles.